The van der Waals surface area contributed by atoms with E-state index in [1.54, 1.807) is 19.2 Å². The zero-order valence-electron chi connectivity index (χ0n) is 23.6. The second-order valence-corrected chi connectivity index (χ2v) is 12.5. The normalized spacial score (nSPS) is 23.6. The van der Waals surface area contributed by atoms with Crippen LogP contribution in [0.3, 0.4) is 0 Å². The molecule has 216 valence electrons. The van der Waals surface area contributed by atoms with Gasteiger partial charge in [-0.3, -0.25) is 4.79 Å². The highest BCUT2D eigenvalue weighted by atomic mass is 19.3. The number of rotatable bonds is 6. The van der Waals surface area contributed by atoms with Crippen LogP contribution in [0.2, 0.25) is 0 Å². The predicted octanol–water partition coefficient (Wildman–Crippen LogP) is 4.30. The summed E-state index contributed by atoms with van der Waals surface area (Å²) in [5.74, 6) is 1.09. The average molecular weight is 563 g/mol. The van der Waals surface area contributed by atoms with E-state index in [0.29, 0.717) is 46.9 Å². The summed E-state index contributed by atoms with van der Waals surface area (Å²) in [5, 5.41) is 3.78. The lowest BCUT2D eigenvalue weighted by Gasteiger charge is -2.61. The Morgan fingerprint density at radius 1 is 0.976 bits per heavy atom. The van der Waals surface area contributed by atoms with Gasteiger partial charge in [0.1, 0.15) is 5.82 Å². The number of hydrogen-bond donors (Lipinski definition) is 1. The van der Waals surface area contributed by atoms with Gasteiger partial charge in [0, 0.05) is 87.3 Å². The molecule has 0 bridgehead atoms. The van der Waals surface area contributed by atoms with Crippen molar-refractivity contribution in [2.24, 2.45) is 10.8 Å². The lowest BCUT2D eigenvalue weighted by atomic mass is 9.72. The highest BCUT2D eigenvalue weighted by Crippen LogP contribution is 2.44. The monoisotopic (exact) mass is 562 g/mol. The molecule has 1 atom stereocenters. The number of carbonyl (C=O) groups excluding carboxylic acids is 1. The van der Waals surface area contributed by atoms with E-state index >= 15 is 0 Å². The summed E-state index contributed by atoms with van der Waals surface area (Å²) in [6.45, 7) is 12.3. The van der Waals surface area contributed by atoms with E-state index in [1.165, 1.54) is 19.2 Å². The molecule has 6 heterocycles. The van der Waals surface area contributed by atoms with E-state index in [4.69, 9.17) is 4.98 Å². The Labute approximate surface area is 238 Å². The molecule has 2 spiro atoms. The number of pyridine rings is 1. The van der Waals surface area contributed by atoms with Crippen molar-refractivity contribution in [2.75, 3.05) is 74.0 Å². The highest BCUT2D eigenvalue weighted by molar-refractivity contribution is 5.92. The molecule has 9 nitrogen and oxygen atoms in total. The number of aromatic nitrogens is 3. The number of fused-ring (bicyclic) bond motifs is 1. The number of carbonyl (C=O) groups is 1. The van der Waals surface area contributed by atoms with Gasteiger partial charge in [-0.25, -0.2) is 23.7 Å². The summed E-state index contributed by atoms with van der Waals surface area (Å²) in [5.41, 5.74) is 2.83. The molecule has 4 aliphatic heterocycles. The van der Waals surface area contributed by atoms with Gasteiger partial charge in [-0.15, -0.1) is 0 Å². The third-order valence-electron chi connectivity index (χ3n) is 9.57. The second-order valence-electron chi connectivity index (χ2n) is 12.5. The zero-order valence-corrected chi connectivity index (χ0v) is 23.6. The first kappa shape index (κ1) is 26.3. The van der Waals surface area contributed by atoms with Gasteiger partial charge in [0.15, 0.2) is 0 Å². The van der Waals surface area contributed by atoms with E-state index in [1.807, 2.05) is 17.2 Å². The van der Waals surface area contributed by atoms with Gasteiger partial charge in [-0.2, -0.15) is 0 Å². The number of halogens is 2. The van der Waals surface area contributed by atoms with Crippen molar-refractivity contribution < 1.29 is 13.6 Å². The largest absolute Gasteiger partial charge is 0.369 e. The Hall–Kier alpha value is -3.60. The van der Waals surface area contributed by atoms with Crippen LogP contribution in [-0.2, 0) is 4.79 Å². The molecular weight excluding hydrogens is 526 g/mol. The van der Waals surface area contributed by atoms with Crippen LogP contribution in [-0.4, -0.2) is 89.6 Å². The summed E-state index contributed by atoms with van der Waals surface area (Å²) in [6.07, 6.45) is 2.73. The van der Waals surface area contributed by atoms with Crippen LogP contribution >= 0.6 is 0 Å². The lowest BCUT2D eigenvalue weighted by Crippen LogP contribution is -2.72. The van der Waals surface area contributed by atoms with E-state index in [-0.39, 0.29) is 16.9 Å². The standard InChI is InChI=1S/C30H36F2N8O/c1-3-37-14-30(15-37)18-40(19-30)23-4-5-25(33-13-23)35-28-34-12-22-10-21(27(31)32)11-24(26(22)36-28)39-9-7-29(17-39)6-8-38(16-29)20(2)41/h4-5,10-13,27H,3,6-9,14-19H2,1-2H3,(H,33,34,35,36). The Morgan fingerprint density at radius 2 is 1.76 bits per heavy atom. The number of hydrogen-bond acceptors (Lipinski definition) is 8. The minimum atomic E-state index is -2.59. The first-order chi connectivity index (χ1) is 19.7. The second kappa shape index (κ2) is 9.75. The van der Waals surface area contributed by atoms with Crippen molar-refractivity contribution in [3.8, 4) is 0 Å². The summed E-state index contributed by atoms with van der Waals surface area (Å²) in [7, 11) is 0. The minimum absolute atomic E-state index is 0.0112. The fourth-order valence-electron chi connectivity index (χ4n) is 7.29. The molecule has 2 aromatic heterocycles. The third-order valence-corrected chi connectivity index (χ3v) is 9.57. The van der Waals surface area contributed by atoms with Gasteiger partial charge >= 0.3 is 0 Å². The van der Waals surface area contributed by atoms with E-state index in [0.717, 1.165) is 51.3 Å². The smallest absolute Gasteiger partial charge is 0.263 e. The highest BCUT2D eigenvalue weighted by Gasteiger charge is 2.51. The maximum absolute atomic E-state index is 13.9. The molecule has 41 heavy (non-hydrogen) atoms. The van der Waals surface area contributed by atoms with Gasteiger partial charge < -0.3 is 24.9 Å². The molecule has 0 radical (unpaired) electrons. The van der Waals surface area contributed by atoms with Gasteiger partial charge in [0.2, 0.25) is 11.9 Å². The number of likely N-dealkylation sites (tertiary alicyclic amines) is 2. The Kier molecular flexibility index (Phi) is 6.26. The van der Waals surface area contributed by atoms with E-state index in [9.17, 15) is 13.6 Å². The first-order valence-corrected chi connectivity index (χ1v) is 14.5. The first-order valence-electron chi connectivity index (χ1n) is 14.5. The van der Waals surface area contributed by atoms with Crippen molar-refractivity contribution in [3.63, 3.8) is 0 Å². The van der Waals surface area contributed by atoms with Gasteiger partial charge in [0.25, 0.3) is 6.43 Å². The van der Waals surface area contributed by atoms with Crippen LogP contribution in [0.1, 0.15) is 38.7 Å². The minimum Gasteiger partial charge on any atom is -0.369 e. The van der Waals surface area contributed by atoms with Crippen molar-refractivity contribution >= 4 is 40.0 Å². The van der Waals surface area contributed by atoms with Crippen molar-refractivity contribution in [3.05, 3.63) is 42.2 Å². The predicted molar refractivity (Wildman–Crippen MR) is 155 cm³/mol. The molecule has 1 N–H and O–H groups in total. The van der Waals surface area contributed by atoms with Crippen molar-refractivity contribution in [1.82, 2.24) is 24.8 Å². The van der Waals surface area contributed by atoms with Crippen molar-refractivity contribution in [1.29, 1.82) is 0 Å². The summed E-state index contributed by atoms with van der Waals surface area (Å²) in [6, 6.07) is 7.03. The molecular formula is C30H36F2N8O. The maximum atomic E-state index is 13.9. The molecule has 1 unspecified atom stereocenters. The third kappa shape index (κ3) is 4.73. The Morgan fingerprint density at radius 3 is 2.44 bits per heavy atom. The molecule has 3 aromatic rings. The van der Waals surface area contributed by atoms with Gasteiger partial charge in [-0.1, -0.05) is 6.92 Å². The molecule has 0 saturated carbocycles. The van der Waals surface area contributed by atoms with Crippen LogP contribution in [0.25, 0.3) is 10.9 Å². The molecule has 11 heteroatoms. The molecule has 4 saturated heterocycles. The lowest BCUT2D eigenvalue weighted by molar-refractivity contribution is -0.128. The topological polar surface area (TPSA) is 80.7 Å². The summed E-state index contributed by atoms with van der Waals surface area (Å²) >= 11 is 0. The number of benzene rings is 1. The number of alkyl halides is 2. The van der Waals surface area contributed by atoms with Gasteiger partial charge in [0.05, 0.1) is 23.1 Å². The van der Waals surface area contributed by atoms with Crippen LogP contribution < -0.4 is 15.1 Å². The molecule has 4 aliphatic rings. The number of nitrogens with one attached hydrogen (secondary N) is 1. The fourth-order valence-corrected chi connectivity index (χ4v) is 7.29. The van der Waals surface area contributed by atoms with Crippen LogP contribution in [0.5, 0.6) is 0 Å². The van der Waals surface area contributed by atoms with E-state index < -0.39 is 6.43 Å². The van der Waals surface area contributed by atoms with Crippen LogP contribution in [0, 0.1) is 10.8 Å². The quantitative estimate of drug-likeness (QED) is 0.477. The zero-order chi connectivity index (χ0) is 28.4. The number of amides is 1. The van der Waals surface area contributed by atoms with Crippen molar-refractivity contribution in [2.45, 2.75) is 33.1 Å². The SMILES string of the molecule is CCN1CC2(C1)CN(c1ccc(Nc3ncc4cc(C(F)F)cc(N5CCC6(CCN(C(C)=O)C6)C5)c4n3)nc1)C2. The van der Waals surface area contributed by atoms with Crippen LogP contribution in [0.15, 0.2) is 36.7 Å². The van der Waals surface area contributed by atoms with Gasteiger partial charge in [-0.05, 0) is 43.7 Å². The number of nitrogens with zero attached hydrogens (tertiary/aromatic N) is 7. The van der Waals surface area contributed by atoms with E-state index in [2.05, 4.69) is 43.0 Å². The molecule has 7 rings (SSSR count). The fraction of sp³-hybridized carbons (Fsp3) is 0.533. The Bertz CT molecular complexity index is 1470. The Balaban J connectivity index is 1.09. The molecule has 4 fully saturated rings. The molecule has 0 aliphatic carbocycles. The molecule has 1 aromatic carbocycles. The summed E-state index contributed by atoms with van der Waals surface area (Å²) < 4.78 is 27.7. The number of anilines is 4. The molecule has 1 amide bonds. The van der Waals surface area contributed by atoms with Crippen LogP contribution in [0.4, 0.5) is 31.9 Å². The summed E-state index contributed by atoms with van der Waals surface area (Å²) in [4.78, 5) is 34.7. The average Bonchev–Trinajstić information content (AvgIpc) is 3.54. The maximum Gasteiger partial charge on any atom is 0.263 e.